The second-order valence-corrected chi connectivity index (χ2v) is 5.57. The van der Waals surface area contributed by atoms with Crippen LogP contribution in [0.3, 0.4) is 0 Å². The Balaban J connectivity index is 2.47. The first-order valence-electron chi connectivity index (χ1n) is 6.81. The number of benzene rings is 1. The van der Waals surface area contributed by atoms with Gasteiger partial charge in [0.15, 0.2) is 0 Å². The molecule has 4 heteroatoms. The second kappa shape index (κ2) is 6.66. The van der Waals surface area contributed by atoms with Gasteiger partial charge in [-0.1, -0.05) is 43.8 Å². The highest BCUT2D eigenvalue weighted by Crippen LogP contribution is 2.32. The summed E-state index contributed by atoms with van der Waals surface area (Å²) in [5.41, 5.74) is 2.95. The molecule has 1 aliphatic rings. The van der Waals surface area contributed by atoms with Crippen LogP contribution < -0.4 is 5.32 Å². The Morgan fingerprint density at radius 1 is 1.45 bits per heavy atom. The number of allylic oxidation sites excluding steroid dienone is 3. The summed E-state index contributed by atoms with van der Waals surface area (Å²) in [5.74, 6) is 0.836. The number of phenolic OH excluding ortho intramolecular Hbond substituents is 1. The lowest BCUT2D eigenvalue weighted by atomic mass is 10.0. The van der Waals surface area contributed by atoms with Crippen LogP contribution in [0.2, 0.25) is 0 Å². The molecular weight excluding hydrogens is 270 g/mol. The number of phenols is 1. The maximum Gasteiger partial charge on any atom is 0.235 e. The molecule has 1 fully saturated rings. The number of nitrogens with one attached hydrogen (secondary N) is 1. The van der Waals surface area contributed by atoms with Crippen molar-refractivity contribution in [1.82, 2.24) is 5.32 Å². The van der Waals surface area contributed by atoms with Crippen molar-refractivity contribution in [3.63, 3.8) is 0 Å². The average molecular weight is 289 g/mol. The summed E-state index contributed by atoms with van der Waals surface area (Å²) in [7, 11) is 0. The van der Waals surface area contributed by atoms with Crippen molar-refractivity contribution in [1.29, 1.82) is 0 Å². The molecule has 1 saturated heterocycles. The first-order valence-corrected chi connectivity index (χ1v) is 7.80. The van der Waals surface area contributed by atoms with Crippen molar-refractivity contribution in [3.8, 4) is 5.75 Å². The van der Waals surface area contributed by atoms with E-state index in [-0.39, 0.29) is 5.91 Å². The van der Waals surface area contributed by atoms with Crippen LogP contribution in [0.1, 0.15) is 31.4 Å². The van der Waals surface area contributed by atoms with Crippen LogP contribution in [-0.4, -0.2) is 16.8 Å². The highest BCUT2D eigenvalue weighted by molar-refractivity contribution is 8.04. The third kappa shape index (κ3) is 3.25. The van der Waals surface area contributed by atoms with E-state index < -0.39 is 0 Å². The van der Waals surface area contributed by atoms with Crippen molar-refractivity contribution in [2.24, 2.45) is 0 Å². The fourth-order valence-electron chi connectivity index (χ4n) is 2.06. The van der Waals surface area contributed by atoms with E-state index in [0.29, 0.717) is 11.5 Å². The summed E-state index contributed by atoms with van der Waals surface area (Å²) in [5, 5.41) is 13.6. The first-order chi connectivity index (χ1) is 9.65. The molecular formula is C16H19NO2S. The minimum Gasteiger partial charge on any atom is -0.508 e. The number of hydrogen-bond donors (Lipinski definition) is 2. The summed E-state index contributed by atoms with van der Waals surface area (Å²) in [6.45, 7) is 4.09. The zero-order valence-corrected chi connectivity index (χ0v) is 12.6. The molecule has 0 radical (unpaired) electrons. The van der Waals surface area contributed by atoms with Gasteiger partial charge in [-0.05, 0) is 36.1 Å². The van der Waals surface area contributed by atoms with Gasteiger partial charge in [0, 0.05) is 5.57 Å². The van der Waals surface area contributed by atoms with Crippen molar-refractivity contribution in [2.75, 3.05) is 5.75 Å². The molecule has 2 N–H and O–H groups in total. The highest BCUT2D eigenvalue weighted by atomic mass is 32.2. The standard InChI is InChI=1S/C16H19NO2S/c1-3-5-6-13(16-17-15(19)10-20-16)12-7-8-14(18)11(4-2)9-12/h5-9,18H,3-4,10H2,1-2H3,(H,17,19). The quantitative estimate of drug-likeness (QED) is 0.892. The van der Waals surface area contributed by atoms with Crippen molar-refractivity contribution < 1.29 is 9.90 Å². The summed E-state index contributed by atoms with van der Waals surface area (Å²) in [4.78, 5) is 11.4. The second-order valence-electron chi connectivity index (χ2n) is 4.59. The lowest BCUT2D eigenvalue weighted by Crippen LogP contribution is -2.14. The molecule has 0 saturated carbocycles. The zero-order valence-electron chi connectivity index (χ0n) is 11.8. The Kier molecular flexibility index (Phi) is 4.90. The van der Waals surface area contributed by atoms with Gasteiger partial charge in [0.25, 0.3) is 0 Å². The van der Waals surface area contributed by atoms with Gasteiger partial charge < -0.3 is 10.4 Å². The third-order valence-electron chi connectivity index (χ3n) is 3.14. The van der Waals surface area contributed by atoms with Crippen LogP contribution in [0.25, 0.3) is 5.57 Å². The van der Waals surface area contributed by atoms with Crippen LogP contribution in [0.15, 0.2) is 35.4 Å². The fourth-order valence-corrected chi connectivity index (χ4v) is 2.93. The molecule has 2 rings (SSSR count). The molecule has 1 aliphatic heterocycles. The van der Waals surface area contributed by atoms with E-state index in [2.05, 4.69) is 18.3 Å². The van der Waals surface area contributed by atoms with E-state index in [4.69, 9.17) is 0 Å². The number of thioether (sulfide) groups is 1. The van der Waals surface area contributed by atoms with E-state index >= 15 is 0 Å². The predicted octanol–water partition coefficient (Wildman–Crippen LogP) is 3.45. The molecule has 0 bridgehead atoms. The number of carbonyl (C=O) groups is 1. The van der Waals surface area contributed by atoms with Crippen molar-refractivity contribution >= 4 is 23.2 Å². The molecule has 0 unspecified atom stereocenters. The van der Waals surface area contributed by atoms with Gasteiger partial charge in [0.05, 0.1) is 10.8 Å². The van der Waals surface area contributed by atoms with Gasteiger partial charge in [0.1, 0.15) is 5.75 Å². The molecule has 106 valence electrons. The van der Waals surface area contributed by atoms with Crippen molar-refractivity contribution in [3.05, 3.63) is 46.5 Å². The minimum atomic E-state index is 0.0434. The fraction of sp³-hybridized carbons (Fsp3) is 0.312. The first kappa shape index (κ1) is 14.7. The molecule has 0 aliphatic carbocycles. The van der Waals surface area contributed by atoms with Crippen LogP contribution in [-0.2, 0) is 11.2 Å². The lowest BCUT2D eigenvalue weighted by Gasteiger charge is -2.10. The highest BCUT2D eigenvalue weighted by Gasteiger charge is 2.19. The molecule has 1 aromatic rings. The largest absolute Gasteiger partial charge is 0.508 e. The van der Waals surface area contributed by atoms with Gasteiger partial charge in [-0.15, -0.1) is 0 Å². The van der Waals surface area contributed by atoms with Gasteiger partial charge in [-0.3, -0.25) is 4.79 Å². The van der Waals surface area contributed by atoms with Crippen LogP contribution in [0, 0.1) is 0 Å². The Morgan fingerprint density at radius 2 is 2.25 bits per heavy atom. The zero-order chi connectivity index (χ0) is 14.5. The van der Waals surface area contributed by atoms with Crippen LogP contribution >= 0.6 is 11.8 Å². The van der Waals surface area contributed by atoms with E-state index in [9.17, 15) is 9.90 Å². The predicted molar refractivity (Wildman–Crippen MR) is 84.4 cm³/mol. The summed E-state index contributed by atoms with van der Waals surface area (Å²) in [6, 6.07) is 5.60. The van der Waals surface area contributed by atoms with Crippen LogP contribution in [0.5, 0.6) is 5.75 Å². The molecule has 1 heterocycles. The smallest absolute Gasteiger partial charge is 0.235 e. The third-order valence-corrected chi connectivity index (χ3v) is 4.15. The number of aromatic hydroxyl groups is 1. The molecule has 0 spiro atoms. The molecule has 0 atom stereocenters. The molecule has 1 amide bonds. The number of carbonyl (C=O) groups excluding carboxylic acids is 1. The minimum absolute atomic E-state index is 0.0434. The lowest BCUT2D eigenvalue weighted by molar-refractivity contribution is -0.117. The topological polar surface area (TPSA) is 49.3 Å². The summed E-state index contributed by atoms with van der Waals surface area (Å²) in [6.07, 6.45) is 5.83. The summed E-state index contributed by atoms with van der Waals surface area (Å²) >= 11 is 1.53. The van der Waals surface area contributed by atoms with Crippen molar-refractivity contribution in [2.45, 2.75) is 26.7 Å². The molecule has 1 aromatic carbocycles. The van der Waals surface area contributed by atoms with E-state index in [1.54, 1.807) is 6.07 Å². The summed E-state index contributed by atoms with van der Waals surface area (Å²) < 4.78 is 0. The Hall–Kier alpha value is -1.68. The molecule has 0 aromatic heterocycles. The maximum atomic E-state index is 11.4. The Bertz CT molecular complexity index is 576. The molecule has 3 nitrogen and oxygen atoms in total. The van der Waals surface area contributed by atoms with E-state index in [1.807, 2.05) is 25.1 Å². The monoisotopic (exact) mass is 289 g/mol. The number of aryl methyl sites for hydroxylation is 1. The number of hydrogen-bond acceptors (Lipinski definition) is 3. The molecule has 20 heavy (non-hydrogen) atoms. The average Bonchev–Trinajstić information content (AvgIpc) is 2.87. The Labute approximate surface area is 123 Å². The van der Waals surface area contributed by atoms with E-state index in [0.717, 1.165) is 34.6 Å². The van der Waals surface area contributed by atoms with Gasteiger partial charge in [-0.25, -0.2) is 0 Å². The normalized spacial score (nSPS) is 17.6. The Morgan fingerprint density at radius 3 is 2.85 bits per heavy atom. The van der Waals surface area contributed by atoms with Gasteiger partial charge in [0.2, 0.25) is 5.91 Å². The maximum absolute atomic E-state index is 11.4. The number of rotatable bonds is 4. The number of amides is 1. The van der Waals surface area contributed by atoms with Gasteiger partial charge >= 0.3 is 0 Å². The van der Waals surface area contributed by atoms with Crippen LogP contribution in [0.4, 0.5) is 0 Å². The van der Waals surface area contributed by atoms with E-state index in [1.165, 1.54) is 11.8 Å². The SMILES string of the molecule is CCC=CC(=C1NC(=O)CS1)c1ccc(O)c(CC)c1. The van der Waals surface area contributed by atoms with Gasteiger partial charge in [-0.2, -0.15) is 0 Å².